The SMILES string of the molecule is CCC(CC)c1cc(CNC(=O)C2CSCN2)on1.Cl. The van der Waals surface area contributed by atoms with Crippen molar-refractivity contribution in [2.24, 2.45) is 0 Å². The van der Waals surface area contributed by atoms with Gasteiger partial charge in [-0.2, -0.15) is 0 Å². The molecule has 1 aromatic heterocycles. The van der Waals surface area contributed by atoms with E-state index in [1.165, 1.54) is 0 Å². The molecule has 1 saturated heterocycles. The van der Waals surface area contributed by atoms with E-state index in [4.69, 9.17) is 4.52 Å². The van der Waals surface area contributed by atoms with Gasteiger partial charge in [-0.1, -0.05) is 19.0 Å². The molecule has 2 heterocycles. The molecule has 1 unspecified atom stereocenters. The van der Waals surface area contributed by atoms with Crippen LogP contribution in [0.25, 0.3) is 0 Å². The molecule has 2 rings (SSSR count). The Bertz CT molecular complexity index is 418. The number of nitrogens with zero attached hydrogens (tertiary/aromatic N) is 1. The fourth-order valence-electron chi connectivity index (χ4n) is 2.17. The lowest BCUT2D eigenvalue weighted by molar-refractivity contribution is -0.122. The Kier molecular flexibility index (Phi) is 7.40. The van der Waals surface area contributed by atoms with Crippen molar-refractivity contribution in [3.8, 4) is 0 Å². The van der Waals surface area contributed by atoms with Gasteiger partial charge in [-0.05, 0) is 12.8 Å². The van der Waals surface area contributed by atoms with Gasteiger partial charge < -0.3 is 9.84 Å². The van der Waals surface area contributed by atoms with Crippen molar-refractivity contribution in [2.75, 3.05) is 11.6 Å². The Morgan fingerprint density at radius 1 is 1.60 bits per heavy atom. The first-order valence-corrected chi connectivity index (χ1v) is 7.94. The zero-order valence-corrected chi connectivity index (χ0v) is 13.5. The molecule has 1 aromatic rings. The van der Waals surface area contributed by atoms with Crippen molar-refractivity contribution in [1.82, 2.24) is 15.8 Å². The third-order valence-corrected chi connectivity index (χ3v) is 4.39. The van der Waals surface area contributed by atoms with Crippen LogP contribution in [0.3, 0.4) is 0 Å². The molecular weight excluding hydrogens is 298 g/mol. The van der Waals surface area contributed by atoms with Crippen LogP contribution in [0.4, 0.5) is 0 Å². The summed E-state index contributed by atoms with van der Waals surface area (Å²) < 4.78 is 5.27. The summed E-state index contributed by atoms with van der Waals surface area (Å²) in [4.78, 5) is 11.8. The van der Waals surface area contributed by atoms with Crippen LogP contribution < -0.4 is 10.6 Å². The number of carbonyl (C=O) groups is 1. The van der Waals surface area contributed by atoms with E-state index in [1.54, 1.807) is 11.8 Å². The van der Waals surface area contributed by atoms with Crippen LogP contribution in [-0.4, -0.2) is 28.7 Å². The summed E-state index contributed by atoms with van der Waals surface area (Å²) in [5.41, 5.74) is 0.990. The molecule has 0 bridgehead atoms. The predicted molar refractivity (Wildman–Crippen MR) is 83.2 cm³/mol. The number of nitrogens with one attached hydrogen (secondary N) is 2. The Labute approximate surface area is 130 Å². The zero-order valence-electron chi connectivity index (χ0n) is 11.8. The second kappa shape index (κ2) is 8.54. The number of carbonyl (C=O) groups excluding carboxylic acids is 1. The Hall–Kier alpha value is -0.720. The van der Waals surface area contributed by atoms with E-state index in [1.807, 2.05) is 6.07 Å². The quantitative estimate of drug-likeness (QED) is 0.842. The molecular formula is C13H22ClN3O2S. The summed E-state index contributed by atoms with van der Waals surface area (Å²) in [6.07, 6.45) is 2.11. The van der Waals surface area contributed by atoms with Crippen LogP contribution in [0.2, 0.25) is 0 Å². The van der Waals surface area contributed by atoms with Crippen molar-refractivity contribution in [3.05, 3.63) is 17.5 Å². The van der Waals surface area contributed by atoms with Crippen molar-refractivity contribution in [2.45, 2.75) is 45.2 Å². The van der Waals surface area contributed by atoms with Gasteiger partial charge in [0.25, 0.3) is 0 Å². The number of hydrogen-bond acceptors (Lipinski definition) is 5. The highest BCUT2D eigenvalue weighted by Crippen LogP contribution is 2.22. The third kappa shape index (κ3) is 4.40. The molecule has 2 N–H and O–H groups in total. The number of hydrogen-bond donors (Lipinski definition) is 2. The molecule has 0 radical (unpaired) electrons. The summed E-state index contributed by atoms with van der Waals surface area (Å²) in [6.45, 7) is 4.70. The van der Waals surface area contributed by atoms with Gasteiger partial charge in [0.05, 0.1) is 18.3 Å². The number of rotatable bonds is 6. The van der Waals surface area contributed by atoms with E-state index >= 15 is 0 Å². The van der Waals surface area contributed by atoms with Gasteiger partial charge in [-0.25, -0.2) is 0 Å². The molecule has 20 heavy (non-hydrogen) atoms. The smallest absolute Gasteiger partial charge is 0.238 e. The first-order chi connectivity index (χ1) is 9.24. The van der Waals surface area contributed by atoms with Gasteiger partial charge >= 0.3 is 0 Å². The molecule has 0 saturated carbocycles. The highest BCUT2D eigenvalue weighted by atomic mass is 35.5. The number of aromatic nitrogens is 1. The van der Waals surface area contributed by atoms with Crippen LogP contribution in [0.5, 0.6) is 0 Å². The van der Waals surface area contributed by atoms with Crippen LogP contribution in [-0.2, 0) is 11.3 Å². The van der Waals surface area contributed by atoms with Gasteiger partial charge in [0.2, 0.25) is 5.91 Å². The lowest BCUT2D eigenvalue weighted by Gasteiger charge is -2.08. The highest BCUT2D eigenvalue weighted by molar-refractivity contribution is 7.99. The molecule has 1 amide bonds. The lowest BCUT2D eigenvalue weighted by Crippen LogP contribution is -2.41. The van der Waals surface area contributed by atoms with E-state index in [-0.39, 0.29) is 24.4 Å². The van der Waals surface area contributed by atoms with Crippen molar-refractivity contribution < 1.29 is 9.32 Å². The topological polar surface area (TPSA) is 67.2 Å². The maximum atomic E-state index is 11.8. The van der Waals surface area contributed by atoms with Crippen LogP contribution in [0.1, 0.15) is 44.1 Å². The minimum Gasteiger partial charge on any atom is -0.359 e. The molecule has 0 aromatic carbocycles. The molecule has 114 valence electrons. The van der Waals surface area contributed by atoms with Gasteiger partial charge in [-0.3, -0.25) is 10.1 Å². The Morgan fingerprint density at radius 2 is 2.35 bits per heavy atom. The standard InChI is InChI=1S/C13H21N3O2S.ClH/c1-3-9(4-2)11-5-10(18-16-11)6-14-13(17)12-7-19-8-15-12;/h5,9,12,15H,3-4,6-8H2,1-2H3,(H,14,17);1H. The van der Waals surface area contributed by atoms with Crippen molar-refractivity contribution >= 4 is 30.1 Å². The average Bonchev–Trinajstić information content (AvgIpc) is 3.09. The molecule has 5 nitrogen and oxygen atoms in total. The fraction of sp³-hybridized carbons (Fsp3) is 0.692. The molecule has 1 aliphatic rings. The van der Waals surface area contributed by atoms with Crippen LogP contribution in [0.15, 0.2) is 10.6 Å². The minimum absolute atomic E-state index is 0. The summed E-state index contributed by atoms with van der Waals surface area (Å²) in [5.74, 6) is 2.88. The van der Waals surface area contributed by atoms with E-state index in [0.717, 1.165) is 35.9 Å². The Balaban J connectivity index is 0.00000200. The maximum Gasteiger partial charge on any atom is 0.238 e. The largest absolute Gasteiger partial charge is 0.359 e. The highest BCUT2D eigenvalue weighted by Gasteiger charge is 2.22. The second-order valence-corrected chi connectivity index (χ2v) is 5.75. The summed E-state index contributed by atoms with van der Waals surface area (Å²) >= 11 is 1.74. The number of halogens is 1. The summed E-state index contributed by atoms with van der Waals surface area (Å²) in [7, 11) is 0. The lowest BCUT2D eigenvalue weighted by atomic mass is 9.99. The van der Waals surface area contributed by atoms with Gasteiger partial charge in [0.15, 0.2) is 5.76 Å². The van der Waals surface area contributed by atoms with Crippen molar-refractivity contribution in [1.29, 1.82) is 0 Å². The predicted octanol–water partition coefficient (Wildman–Crippen LogP) is 2.28. The van der Waals surface area contributed by atoms with E-state index in [2.05, 4.69) is 29.6 Å². The molecule has 1 atom stereocenters. The number of thioether (sulfide) groups is 1. The van der Waals surface area contributed by atoms with Crippen molar-refractivity contribution in [3.63, 3.8) is 0 Å². The minimum atomic E-state index is -0.0774. The first kappa shape index (κ1) is 17.3. The second-order valence-electron chi connectivity index (χ2n) is 4.72. The van der Waals surface area contributed by atoms with E-state index in [0.29, 0.717) is 12.5 Å². The molecule has 7 heteroatoms. The Morgan fingerprint density at radius 3 is 2.95 bits per heavy atom. The van der Waals surface area contributed by atoms with E-state index in [9.17, 15) is 4.79 Å². The third-order valence-electron chi connectivity index (χ3n) is 3.45. The first-order valence-electron chi connectivity index (χ1n) is 6.78. The fourth-order valence-corrected chi connectivity index (χ4v) is 3.11. The zero-order chi connectivity index (χ0) is 13.7. The van der Waals surface area contributed by atoms with Gasteiger partial charge in [0, 0.05) is 23.6 Å². The summed E-state index contributed by atoms with van der Waals surface area (Å²) in [5, 5.41) is 10.1. The van der Waals surface area contributed by atoms with Crippen LogP contribution >= 0.6 is 24.2 Å². The van der Waals surface area contributed by atoms with Crippen LogP contribution in [0, 0.1) is 0 Å². The van der Waals surface area contributed by atoms with Gasteiger partial charge in [0.1, 0.15) is 0 Å². The summed E-state index contributed by atoms with van der Waals surface area (Å²) in [6, 6.07) is 1.88. The average molecular weight is 320 g/mol. The molecule has 0 aliphatic carbocycles. The molecule has 0 spiro atoms. The molecule has 1 aliphatic heterocycles. The maximum absolute atomic E-state index is 11.8. The van der Waals surface area contributed by atoms with E-state index < -0.39 is 0 Å². The van der Waals surface area contributed by atoms with Gasteiger partial charge in [-0.15, -0.1) is 24.2 Å². The molecule has 1 fully saturated rings. The number of amides is 1. The monoisotopic (exact) mass is 319 g/mol. The normalized spacial score (nSPS) is 18.1.